The number of imidazole rings is 1. The van der Waals surface area contributed by atoms with E-state index in [1.165, 1.54) is 0 Å². The number of anilines is 1. The Bertz CT molecular complexity index is 1250. The maximum Gasteiger partial charge on any atom is 0.257 e. The van der Waals surface area contributed by atoms with E-state index >= 15 is 0 Å². The van der Waals surface area contributed by atoms with E-state index in [2.05, 4.69) is 21.2 Å². The molecule has 1 amide bonds. The van der Waals surface area contributed by atoms with Crippen LogP contribution in [0.1, 0.15) is 15.9 Å². The molecule has 30 heavy (non-hydrogen) atoms. The molecule has 2 heterocycles. The number of amides is 1. The first-order valence-electron chi connectivity index (χ1n) is 9.28. The number of methoxy groups -OCH3 is 2. The van der Waals surface area contributed by atoms with Crippen LogP contribution in [0.4, 0.5) is 5.69 Å². The van der Waals surface area contributed by atoms with Gasteiger partial charge >= 0.3 is 0 Å². The van der Waals surface area contributed by atoms with Gasteiger partial charge in [0, 0.05) is 22.4 Å². The summed E-state index contributed by atoms with van der Waals surface area (Å²) in [6, 6.07) is 14.9. The van der Waals surface area contributed by atoms with E-state index in [9.17, 15) is 4.79 Å². The van der Waals surface area contributed by atoms with Gasteiger partial charge in [-0.1, -0.05) is 6.07 Å². The van der Waals surface area contributed by atoms with E-state index in [4.69, 9.17) is 14.5 Å². The zero-order chi connectivity index (χ0) is 21.3. The van der Waals surface area contributed by atoms with Crippen LogP contribution in [0.3, 0.4) is 0 Å². The molecule has 0 saturated carbocycles. The molecular weight excluding hydrogens is 446 g/mol. The van der Waals surface area contributed by atoms with Crippen molar-refractivity contribution in [2.24, 2.45) is 0 Å². The Morgan fingerprint density at radius 2 is 1.93 bits per heavy atom. The van der Waals surface area contributed by atoms with Crippen molar-refractivity contribution in [3.8, 4) is 22.8 Å². The molecule has 0 radical (unpaired) electrons. The van der Waals surface area contributed by atoms with Gasteiger partial charge in [0.1, 0.15) is 17.1 Å². The van der Waals surface area contributed by atoms with E-state index in [1.807, 2.05) is 54.0 Å². The molecule has 152 valence electrons. The zero-order valence-electron chi connectivity index (χ0n) is 16.8. The quantitative estimate of drug-likeness (QED) is 0.431. The van der Waals surface area contributed by atoms with Crippen LogP contribution in [-0.4, -0.2) is 29.5 Å². The van der Waals surface area contributed by atoms with Crippen molar-refractivity contribution in [2.45, 2.75) is 6.92 Å². The first-order valence-corrected chi connectivity index (χ1v) is 10.1. The van der Waals surface area contributed by atoms with Crippen LogP contribution in [-0.2, 0) is 0 Å². The molecule has 0 aliphatic heterocycles. The number of nitrogens with zero attached hydrogens (tertiary/aromatic N) is 2. The molecule has 4 rings (SSSR count). The molecule has 0 saturated heterocycles. The fourth-order valence-electron chi connectivity index (χ4n) is 3.25. The van der Waals surface area contributed by atoms with E-state index in [1.54, 1.807) is 32.4 Å². The average molecular weight is 466 g/mol. The van der Waals surface area contributed by atoms with Gasteiger partial charge in [-0.2, -0.15) is 0 Å². The Morgan fingerprint density at radius 1 is 1.10 bits per heavy atom. The molecule has 2 aromatic heterocycles. The summed E-state index contributed by atoms with van der Waals surface area (Å²) in [6.45, 7) is 2.03. The first-order chi connectivity index (χ1) is 14.5. The maximum absolute atomic E-state index is 12.9. The zero-order valence-corrected chi connectivity index (χ0v) is 18.4. The molecular formula is C23H20BrN3O3. The van der Waals surface area contributed by atoms with Crippen molar-refractivity contribution in [2.75, 3.05) is 19.5 Å². The van der Waals surface area contributed by atoms with Gasteiger partial charge in [0.15, 0.2) is 0 Å². The summed E-state index contributed by atoms with van der Waals surface area (Å²) in [5, 5.41) is 2.94. The highest BCUT2D eigenvalue weighted by Gasteiger charge is 2.16. The molecule has 6 nitrogen and oxygen atoms in total. The molecule has 0 aliphatic carbocycles. The van der Waals surface area contributed by atoms with Gasteiger partial charge in [0.25, 0.3) is 5.91 Å². The number of pyridine rings is 1. The normalized spacial score (nSPS) is 10.8. The fourth-order valence-corrected chi connectivity index (χ4v) is 3.68. The number of aromatic nitrogens is 2. The summed E-state index contributed by atoms with van der Waals surface area (Å²) in [4.78, 5) is 17.7. The Morgan fingerprint density at radius 3 is 2.67 bits per heavy atom. The number of benzene rings is 2. The lowest BCUT2D eigenvalue weighted by Gasteiger charge is -2.13. The summed E-state index contributed by atoms with van der Waals surface area (Å²) >= 11 is 3.43. The van der Waals surface area contributed by atoms with E-state index in [0.29, 0.717) is 27.2 Å². The van der Waals surface area contributed by atoms with Crippen LogP contribution < -0.4 is 14.8 Å². The summed E-state index contributed by atoms with van der Waals surface area (Å²) < 4.78 is 13.3. The monoisotopic (exact) mass is 465 g/mol. The van der Waals surface area contributed by atoms with Crippen molar-refractivity contribution in [3.05, 3.63) is 76.5 Å². The number of ether oxygens (including phenoxy) is 2. The number of aryl methyl sites for hydroxylation is 1. The minimum Gasteiger partial charge on any atom is -0.497 e. The molecule has 2 aromatic carbocycles. The second-order valence-electron chi connectivity index (χ2n) is 6.76. The van der Waals surface area contributed by atoms with Crippen molar-refractivity contribution >= 4 is 33.2 Å². The predicted octanol–water partition coefficient (Wildman–Crippen LogP) is 5.34. The van der Waals surface area contributed by atoms with Gasteiger partial charge in [-0.3, -0.25) is 4.79 Å². The summed E-state index contributed by atoms with van der Waals surface area (Å²) in [5.74, 6) is 0.886. The second kappa shape index (κ2) is 8.20. The smallest absolute Gasteiger partial charge is 0.257 e. The minimum absolute atomic E-state index is 0.276. The van der Waals surface area contributed by atoms with E-state index in [-0.39, 0.29) is 5.91 Å². The molecule has 4 aromatic rings. The summed E-state index contributed by atoms with van der Waals surface area (Å²) in [6.07, 6.45) is 3.93. The molecule has 7 heteroatoms. The molecule has 0 atom stereocenters. The molecule has 0 unspecified atom stereocenters. The van der Waals surface area contributed by atoms with Crippen molar-refractivity contribution in [1.82, 2.24) is 9.38 Å². The highest BCUT2D eigenvalue weighted by atomic mass is 79.9. The highest BCUT2D eigenvalue weighted by Crippen LogP contribution is 2.32. The molecule has 1 N–H and O–H groups in total. The van der Waals surface area contributed by atoms with Gasteiger partial charge < -0.3 is 19.2 Å². The lowest BCUT2D eigenvalue weighted by atomic mass is 10.1. The van der Waals surface area contributed by atoms with Crippen molar-refractivity contribution in [1.29, 1.82) is 0 Å². The number of nitrogens with one attached hydrogen (secondary N) is 1. The van der Waals surface area contributed by atoms with Crippen molar-refractivity contribution < 1.29 is 14.3 Å². The van der Waals surface area contributed by atoms with Gasteiger partial charge in [-0.25, -0.2) is 4.98 Å². The minimum atomic E-state index is -0.276. The number of carbonyl (C=O) groups is 1. The Kier molecular flexibility index (Phi) is 5.46. The topological polar surface area (TPSA) is 64.9 Å². The number of fused-ring (bicyclic) bond motifs is 1. The Labute approximate surface area is 182 Å². The third-order valence-electron chi connectivity index (χ3n) is 4.84. The fraction of sp³-hybridized carbons (Fsp3) is 0.130. The summed E-state index contributed by atoms with van der Waals surface area (Å²) in [7, 11) is 3.13. The standard InChI is InChI=1S/C23H20BrN3O3/c1-14-5-4-10-27-13-20(25-22(14)27)15-6-9-21(30-3)19(11-15)26-23(28)17-12-16(29-2)7-8-18(17)24/h4-13H,1-3H3,(H,26,28). The number of hydrogen-bond donors (Lipinski definition) is 1. The van der Waals surface area contributed by atoms with Crippen LogP contribution in [0.2, 0.25) is 0 Å². The van der Waals surface area contributed by atoms with E-state index in [0.717, 1.165) is 22.5 Å². The van der Waals surface area contributed by atoms with Crippen molar-refractivity contribution in [3.63, 3.8) is 0 Å². The van der Waals surface area contributed by atoms with Crippen LogP contribution in [0.25, 0.3) is 16.9 Å². The van der Waals surface area contributed by atoms with E-state index < -0.39 is 0 Å². The molecule has 0 fully saturated rings. The van der Waals surface area contributed by atoms with Crippen LogP contribution in [0, 0.1) is 6.92 Å². The first kappa shape index (κ1) is 20.0. The predicted molar refractivity (Wildman–Crippen MR) is 121 cm³/mol. The number of hydrogen-bond acceptors (Lipinski definition) is 4. The largest absolute Gasteiger partial charge is 0.497 e. The van der Waals surface area contributed by atoms with Crippen LogP contribution in [0.5, 0.6) is 11.5 Å². The Balaban J connectivity index is 1.71. The SMILES string of the molecule is COc1ccc(Br)c(C(=O)Nc2cc(-c3cn4cccc(C)c4n3)ccc2OC)c1. The lowest BCUT2D eigenvalue weighted by molar-refractivity contribution is 0.102. The number of halogens is 1. The molecule has 0 bridgehead atoms. The maximum atomic E-state index is 12.9. The van der Waals surface area contributed by atoms with Crippen LogP contribution >= 0.6 is 15.9 Å². The average Bonchev–Trinajstić information content (AvgIpc) is 3.20. The lowest BCUT2D eigenvalue weighted by Crippen LogP contribution is -2.13. The van der Waals surface area contributed by atoms with Gasteiger partial charge in [0.05, 0.1) is 31.2 Å². The Hall–Kier alpha value is -3.32. The van der Waals surface area contributed by atoms with Gasteiger partial charge in [0.2, 0.25) is 0 Å². The summed E-state index contributed by atoms with van der Waals surface area (Å²) in [5.41, 5.74) is 4.69. The number of rotatable bonds is 5. The van der Waals surface area contributed by atoms with Gasteiger partial charge in [-0.05, 0) is 70.9 Å². The molecule has 0 spiro atoms. The van der Waals surface area contributed by atoms with Crippen LogP contribution in [0.15, 0.2) is 65.4 Å². The second-order valence-corrected chi connectivity index (χ2v) is 7.62. The third kappa shape index (κ3) is 3.76. The highest BCUT2D eigenvalue weighted by molar-refractivity contribution is 9.10. The molecule has 0 aliphatic rings. The van der Waals surface area contributed by atoms with Gasteiger partial charge in [-0.15, -0.1) is 0 Å². The third-order valence-corrected chi connectivity index (χ3v) is 5.53. The number of carbonyl (C=O) groups excluding carboxylic acids is 1.